The van der Waals surface area contributed by atoms with Crippen molar-refractivity contribution in [3.63, 3.8) is 0 Å². The Morgan fingerprint density at radius 3 is 2.32 bits per heavy atom. The van der Waals surface area contributed by atoms with Gasteiger partial charge in [-0.3, -0.25) is 0 Å². The smallest absolute Gasteiger partial charge is 0.117 e. The molecule has 0 saturated carbocycles. The summed E-state index contributed by atoms with van der Waals surface area (Å²) in [6, 6.07) is 20.8. The van der Waals surface area contributed by atoms with E-state index < -0.39 is 0 Å². The number of rotatable bonds is 1. The largest absolute Gasteiger partial charge is 0.640 e. The van der Waals surface area contributed by atoms with Crippen LogP contribution in [0.15, 0.2) is 48.5 Å². The summed E-state index contributed by atoms with van der Waals surface area (Å²) in [5, 5.41) is 0. The molecule has 0 fully saturated rings. The van der Waals surface area contributed by atoms with Crippen molar-refractivity contribution >= 4 is 17.1 Å². The van der Waals surface area contributed by atoms with Gasteiger partial charge in [-0.15, -0.1) is 5.56 Å². The molecule has 3 aromatic rings. The first kappa shape index (κ1) is 19.0. The van der Waals surface area contributed by atoms with E-state index in [1.54, 1.807) is 0 Å². The third-order valence-electron chi connectivity index (χ3n) is 5.47. The Balaban J connectivity index is 0.00000192. The third-order valence-corrected chi connectivity index (χ3v) is 5.47. The Hall–Kier alpha value is -2.35. The summed E-state index contributed by atoms with van der Waals surface area (Å²) < 4.78 is 6.18. The van der Waals surface area contributed by atoms with Crippen molar-refractivity contribution in [3.05, 3.63) is 94.7 Å². The van der Waals surface area contributed by atoms with Crippen molar-refractivity contribution in [1.29, 1.82) is 0 Å². The average Bonchev–Trinajstić information content (AvgIpc) is 3.06. The summed E-state index contributed by atoms with van der Waals surface area (Å²) in [5.41, 5.74) is 11.9. The summed E-state index contributed by atoms with van der Waals surface area (Å²) in [5.74, 6) is 0.926. The van der Waals surface area contributed by atoms with Gasteiger partial charge in [0, 0.05) is 25.7 Å². The molecule has 5 rings (SSSR count). The first-order chi connectivity index (χ1) is 13.0. The summed E-state index contributed by atoms with van der Waals surface area (Å²) in [6.07, 6.45) is 0. The Morgan fingerprint density at radius 2 is 1.57 bits per heavy atom. The minimum atomic E-state index is 0. The van der Waals surface area contributed by atoms with Crippen LogP contribution in [0.5, 0.6) is 0 Å². The van der Waals surface area contributed by atoms with Crippen LogP contribution in [0.4, 0.5) is 5.69 Å². The van der Waals surface area contributed by atoms with Gasteiger partial charge in [-0.2, -0.15) is 23.8 Å². The fraction of sp³-hybridized carbons (Fsp3) is 0.160. The van der Waals surface area contributed by atoms with Gasteiger partial charge in [0.05, 0.1) is 5.70 Å². The molecule has 1 radical (unpaired) electrons. The van der Waals surface area contributed by atoms with Gasteiger partial charge in [0.25, 0.3) is 0 Å². The molecule has 143 valence electrons. The SMILES string of the molecule is Cc1c[c-]c2c(c1)-c1cc(C)ccc1C1=C(c3c(C)cccc3C)O[CH-]N12.[Ir]. The molecule has 0 spiro atoms. The van der Waals surface area contributed by atoms with Gasteiger partial charge in [0.1, 0.15) is 5.76 Å². The fourth-order valence-corrected chi connectivity index (χ4v) is 4.18. The summed E-state index contributed by atoms with van der Waals surface area (Å²) in [4.78, 5) is 2.15. The predicted octanol–water partition coefficient (Wildman–Crippen LogP) is 6.18. The number of anilines is 1. The molecule has 2 aliphatic rings. The molecule has 28 heavy (non-hydrogen) atoms. The van der Waals surface area contributed by atoms with Crippen LogP contribution in [0, 0.1) is 40.5 Å². The first-order valence-corrected chi connectivity index (χ1v) is 9.28. The summed E-state index contributed by atoms with van der Waals surface area (Å²) in [7, 11) is 0. The van der Waals surface area contributed by atoms with Gasteiger partial charge in [-0.05, 0) is 37.5 Å². The Labute approximate surface area is 180 Å². The first-order valence-electron chi connectivity index (χ1n) is 9.28. The zero-order valence-electron chi connectivity index (χ0n) is 16.4. The van der Waals surface area contributed by atoms with Crippen LogP contribution in [0.3, 0.4) is 0 Å². The molecule has 0 unspecified atom stereocenters. The molecule has 2 nitrogen and oxygen atoms in total. The van der Waals surface area contributed by atoms with E-state index in [9.17, 15) is 0 Å². The normalized spacial score (nSPS) is 14.1. The van der Waals surface area contributed by atoms with Crippen LogP contribution in [0.25, 0.3) is 22.6 Å². The van der Waals surface area contributed by atoms with Crippen LogP contribution in [-0.4, -0.2) is 0 Å². The number of hydrogen-bond acceptors (Lipinski definition) is 2. The average molecular weight is 544 g/mol. The Bertz CT molecular complexity index is 1110. The van der Waals surface area contributed by atoms with Crippen LogP contribution >= 0.6 is 0 Å². The van der Waals surface area contributed by atoms with Gasteiger partial charge < -0.3 is 9.64 Å². The maximum atomic E-state index is 6.18. The molecule has 0 amide bonds. The molecular formula is C25H21IrNO-2. The predicted molar refractivity (Wildman–Crippen MR) is 111 cm³/mol. The maximum absolute atomic E-state index is 6.18. The number of aryl methyl sites for hydroxylation is 4. The molecule has 3 aromatic carbocycles. The Kier molecular flexibility index (Phi) is 4.69. The molecule has 0 N–H and O–H groups in total. The van der Waals surface area contributed by atoms with Crippen LogP contribution in [0.1, 0.15) is 33.4 Å². The van der Waals surface area contributed by atoms with E-state index in [-0.39, 0.29) is 20.1 Å². The van der Waals surface area contributed by atoms with Crippen LogP contribution < -0.4 is 4.90 Å². The fourth-order valence-electron chi connectivity index (χ4n) is 4.18. The van der Waals surface area contributed by atoms with E-state index in [1.165, 1.54) is 44.5 Å². The molecule has 0 aromatic heterocycles. The second-order valence-electron chi connectivity index (χ2n) is 7.53. The van der Waals surface area contributed by atoms with Crippen molar-refractivity contribution in [1.82, 2.24) is 0 Å². The van der Waals surface area contributed by atoms with Gasteiger partial charge in [-0.25, -0.2) is 0 Å². The monoisotopic (exact) mass is 544 g/mol. The van der Waals surface area contributed by atoms with E-state index in [4.69, 9.17) is 4.74 Å². The molecule has 2 aliphatic heterocycles. The molecule has 0 aliphatic carbocycles. The molecular weight excluding hydrogens is 522 g/mol. The number of nitrogens with zero attached hydrogens (tertiary/aromatic N) is 1. The van der Waals surface area contributed by atoms with E-state index in [1.807, 2.05) is 12.8 Å². The minimum Gasteiger partial charge on any atom is -0.640 e. The number of fused-ring (bicyclic) bond motifs is 6. The number of benzene rings is 3. The molecule has 0 bridgehead atoms. The van der Waals surface area contributed by atoms with Crippen molar-refractivity contribution in [2.45, 2.75) is 27.7 Å². The van der Waals surface area contributed by atoms with Gasteiger partial charge in [0.2, 0.25) is 0 Å². The van der Waals surface area contributed by atoms with E-state index >= 15 is 0 Å². The van der Waals surface area contributed by atoms with Gasteiger partial charge in [0.15, 0.2) is 0 Å². The van der Waals surface area contributed by atoms with E-state index in [0.717, 1.165) is 17.1 Å². The zero-order valence-corrected chi connectivity index (χ0v) is 18.8. The maximum Gasteiger partial charge on any atom is 0.117 e. The van der Waals surface area contributed by atoms with Crippen LogP contribution in [-0.2, 0) is 24.8 Å². The van der Waals surface area contributed by atoms with Crippen molar-refractivity contribution in [2.75, 3.05) is 4.90 Å². The summed E-state index contributed by atoms with van der Waals surface area (Å²) >= 11 is 0. The van der Waals surface area contributed by atoms with Crippen molar-refractivity contribution in [2.24, 2.45) is 0 Å². The van der Waals surface area contributed by atoms with E-state index in [0.29, 0.717) is 0 Å². The van der Waals surface area contributed by atoms with Gasteiger partial charge >= 0.3 is 0 Å². The van der Waals surface area contributed by atoms with Gasteiger partial charge in [-0.1, -0.05) is 66.9 Å². The second-order valence-corrected chi connectivity index (χ2v) is 7.53. The summed E-state index contributed by atoms with van der Waals surface area (Å²) in [6.45, 7) is 10.4. The number of hydrogen-bond donors (Lipinski definition) is 0. The minimum absolute atomic E-state index is 0. The standard InChI is InChI=1S/C25H21NO.Ir/c1-15-8-10-19-20(12-15)21-13-16(2)9-11-22(21)26-14-27-25(24(19)26)23-17(3)6-5-7-18(23)4;/h5-10,12-14H,1-4H3;/q-2;. The molecule has 2 heterocycles. The molecule has 0 saturated heterocycles. The molecule has 3 heteroatoms. The second kappa shape index (κ2) is 6.92. The number of ether oxygens (including phenoxy) is 1. The third kappa shape index (κ3) is 2.73. The topological polar surface area (TPSA) is 12.5 Å². The van der Waals surface area contributed by atoms with Crippen molar-refractivity contribution in [3.8, 4) is 11.1 Å². The molecule has 0 atom stereocenters. The van der Waals surface area contributed by atoms with Crippen LogP contribution in [0.2, 0.25) is 0 Å². The quantitative estimate of drug-likeness (QED) is 0.340. The Morgan fingerprint density at radius 1 is 0.857 bits per heavy atom. The van der Waals surface area contributed by atoms with Crippen molar-refractivity contribution < 1.29 is 24.8 Å². The zero-order chi connectivity index (χ0) is 18.7. The van der Waals surface area contributed by atoms with E-state index in [2.05, 4.69) is 81.1 Å².